The molecule has 0 bridgehead atoms. The number of carboxylic acid groups (broad SMARTS) is 1. The number of carbonyl (C=O) groups excluding carboxylic acids is 3. The summed E-state index contributed by atoms with van der Waals surface area (Å²) < 4.78 is 0. The van der Waals surface area contributed by atoms with Gasteiger partial charge in [0, 0.05) is 6.54 Å². The third kappa shape index (κ3) is 10.1. The molecule has 0 saturated heterocycles. The van der Waals surface area contributed by atoms with E-state index in [0.717, 1.165) is 5.56 Å². The molecule has 0 saturated carbocycles. The number of carbonyl (C=O) groups is 4. The van der Waals surface area contributed by atoms with E-state index in [-0.39, 0.29) is 31.8 Å². The Bertz CT molecular complexity index is 796. The summed E-state index contributed by atoms with van der Waals surface area (Å²) in [4.78, 5) is 51.5. The first-order chi connectivity index (χ1) is 14.6. The van der Waals surface area contributed by atoms with Gasteiger partial charge in [0.05, 0.1) is 12.5 Å². The van der Waals surface area contributed by atoms with Crippen LogP contribution in [-0.4, -0.2) is 59.4 Å². The lowest BCUT2D eigenvalue weighted by molar-refractivity contribution is -0.142. The molecule has 0 fully saturated rings. The highest BCUT2D eigenvalue weighted by molar-refractivity contribution is 5.94. The van der Waals surface area contributed by atoms with Gasteiger partial charge in [0.15, 0.2) is 5.96 Å². The molecule has 0 aliphatic heterocycles. The molecule has 31 heavy (non-hydrogen) atoms. The number of nitrogens with two attached hydrogens (primary N) is 4. The molecule has 11 N–H and O–H groups in total. The number of amides is 3. The van der Waals surface area contributed by atoms with Crippen molar-refractivity contribution in [1.82, 2.24) is 10.6 Å². The van der Waals surface area contributed by atoms with Crippen LogP contribution in [0.5, 0.6) is 0 Å². The van der Waals surface area contributed by atoms with Crippen LogP contribution in [0.3, 0.4) is 0 Å². The van der Waals surface area contributed by atoms with Crippen molar-refractivity contribution < 1.29 is 24.3 Å². The first-order valence-electron chi connectivity index (χ1n) is 9.57. The quantitative estimate of drug-likeness (QED) is 0.0995. The normalized spacial score (nSPS) is 13.3. The van der Waals surface area contributed by atoms with Crippen LogP contribution >= 0.6 is 0 Å². The summed E-state index contributed by atoms with van der Waals surface area (Å²) in [5, 5.41) is 14.0. The molecule has 170 valence electrons. The van der Waals surface area contributed by atoms with Crippen molar-refractivity contribution in [3.63, 3.8) is 0 Å². The minimum atomic E-state index is -1.37. The minimum absolute atomic E-state index is 0.0304. The highest BCUT2D eigenvalue weighted by Crippen LogP contribution is 2.04. The average molecular weight is 435 g/mol. The van der Waals surface area contributed by atoms with Gasteiger partial charge >= 0.3 is 5.97 Å². The van der Waals surface area contributed by atoms with Crippen molar-refractivity contribution in [3.8, 4) is 0 Å². The Morgan fingerprint density at radius 1 is 0.968 bits per heavy atom. The molecule has 1 rings (SSSR count). The minimum Gasteiger partial charge on any atom is -0.480 e. The SMILES string of the molecule is NC(=O)CC(NC(=O)C(N)Cc1ccccc1)C(=O)NC(CCCN=C(N)N)C(=O)O. The topological polar surface area (TPSA) is 229 Å². The molecular weight excluding hydrogens is 406 g/mol. The fourth-order valence-electron chi connectivity index (χ4n) is 2.68. The van der Waals surface area contributed by atoms with E-state index in [1.54, 1.807) is 24.3 Å². The Hall–Kier alpha value is -3.67. The number of aliphatic imine (C=N–C) groups is 1. The number of primary amides is 1. The van der Waals surface area contributed by atoms with Crippen LogP contribution in [0, 0.1) is 0 Å². The summed E-state index contributed by atoms with van der Waals surface area (Å²) in [6.45, 7) is 0.178. The molecule has 1 aromatic carbocycles. The van der Waals surface area contributed by atoms with Crippen LogP contribution in [0.15, 0.2) is 35.3 Å². The van der Waals surface area contributed by atoms with Gasteiger partial charge in [-0.25, -0.2) is 4.79 Å². The largest absolute Gasteiger partial charge is 0.480 e. The molecule has 12 heteroatoms. The zero-order valence-corrected chi connectivity index (χ0v) is 17.0. The standard InChI is InChI=1S/C19H29N7O5/c20-12(9-11-5-2-1-3-6-11)16(28)26-14(10-15(21)27)17(29)25-13(18(30)31)7-4-8-24-19(22)23/h1-3,5-6,12-14H,4,7-10,20H2,(H2,21,27)(H,25,29)(H,26,28)(H,30,31)(H4,22,23,24). The van der Waals surface area contributed by atoms with Gasteiger partial charge in [-0.2, -0.15) is 0 Å². The Balaban J connectivity index is 2.75. The summed E-state index contributed by atoms with van der Waals surface area (Å²) in [7, 11) is 0. The van der Waals surface area contributed by atoms with E-state index in [1.165, 1.54) is 0 Å². The van der Waals surface area contributed by atoms with Crippen molar-refractivity contribution in [2.45, 2.75) is 43.8 Å². The molecule has 3 amide bonds. The van der Waals surface area contributed by atoms with Crippen molar-refractivity contribution in [1.29, 1.82) is 0 Å². The lowest BCUT2D eigenvalue weighted by atomic mass is 10.0. The molecule has 3 atom stereocenters. The van der Waals surface area contributed by atoms with Gasteiger partial charge in [-0.3, -0.25) is 19.4 Å². The van der Waals surface area contributed by atoms with Crippen LogP contribution in [0.2, 0.25) is 0 Å². The molecule has 1 aromatic rings. The highest BCUT2D eigenvalue weighted by Gasteiger charge is 2.29. The van der Waals surface area contributed by atoms with Gasteiger partial charge < -0.3 is 38.7 Å². The van der Waals surface area contributed by atoms with E-state index >= 15 is 0 Å². The third-order valence-electron chi connectivity index (χ3n) is 4.23. The maximum atomic E-state index is 12.5. The number of rotatable bonds is 13. The summed E-state index contributed by atoms with van der Waals surface area (Å²) in [6.07, 6.45) is 0.00263. The average Bonchev–Trinajstić information content (AvgIpc) is 2.69. The molecule has 0 spiro atoms. The second kappa shape index (κ2) is 12.8. The fraction of sp³-hybridized carbons (Fsp3) is 0.421. The summed E-state index contributed by atoms with van der Waals surface area (Å²) in [5.74, 6) is -3.81. The second-order valence-electron chi connectivity index (χ2n) is 6.88. The molecule has 0 aromatic heterocycles. The molecule has 3 unspecified atom stereocenters. The predicted molar refractivity (Wildman–Crippen MR) is 113 cm³/mol. The number of hydrogen-bond donors (Lipinski definition) is 7. The zero-order valence-electron chi connectivity index (χ0n) is 17.0. The van der Waals surface area contributed by atoms with Gasteiger partial charge in [0.2, 0.25) is 17.7 Å². The predicted octanol–water partition coefficient (Wildman–Crippen LogP) is -2.46. The third-order valence-corrected chi connectivity index (χ3v) is 4.23. The van der Waals surface area contributed by atoms with E-state index in [2.05, 4.69) is 15.6 Å². The van der Waals surface area contributed by atoms with Crippen LogP contribution < -0.4 is 33.6 Å². The Morgan fingerprint density at radius 2 is 1.58 bits per heavy atom. The molecular formula is C19H29N7O5. The zero-order chi connectivity index (χ0) is 23.4. The van der Waals surface area contributed by atoms with Gasteiger partial charge in [-0.15, -0.1) is 0 Å². The monoisotopic (exact) mass is 435 g/mol. The first kappa shape index (κ1) is 25.4. The highest BCUT2D eigenvalue weighted by atomic mass is 16.4. The lowest BCUT2D eigenvalue weighted by Gasteiger charge is -2.22. The van der Waals surface area contributed by atoms with Gasteiger partial charge in [0.25, 0.3) is 0 Å². The number of aliphatic carboxylic acids is 1. The molecule has 0 radical (unpaired) electrons. The number of benzene rings is 1. The first-order valence-corrected chi connectivity index (χ1v) is 9.57. The summed E-state index contributed by atoms with van der Waals surface area (Å²) in [6, 6.07) is 5.36. The van der Waals surface area contributed by atoms with Gasteiger partial charge in [-0.05, 0) is 24.8 Å². The maximum Gasteiger partial charge on any atom is 0.326 e. The summed E-state index contributed by atoms with van der Waals surface area (Å²) in [5.41, 5.74) is 22.3. The number of hydrogen-bond acceptors (Lipinski definition) is 6. The number of nitrogens with one attached hydrogen (secondary N) is 2. The van der Waals surface area contributed by atoms with Gasteiger partial charge in [0.1, 0.15) is 12.1 Å². The van der Waals surface area contributed by atoms with Crippen LogP contribution in [0.1, 0.15) is 24.8 Å². The van der Waals surface area contributed by atoms with Crippen molar-refractivity contribution in [2.75, 3.05) is 6.54 Å². The van der Waals surface area contributed by atoms with E-state index in [0.29, 0.717) is 0 Å². The van der Waals surface area contributed by atoms with E-state index < -0.39 is 48.2 Å². The van der Waals surface area contributed by atoms with Crippen molar-refractivity contribution in [2.24, 2.45) is 27.9 Å². The number of nitrogens with zero attached hydrogens (tertiary/aromatic N) is 1. The van der Waals surface area contributed by atoms with Gasteiger partial charge in [-0.1, -0.05) is 30.3 Å². The molecule has 0 heterocycles. The Kier molecular flexibility index (Phi) is 10.5. The smallest absolute Gasteiger partial charge is 0.326 e. The lowest BCUT2D eigenvalue weighted by Crippen LogP contribution is -2.55. The van der Waals surface area contributed by atoms with Crippen molar-refractivity contribution in [3.05, 3.63) is 35.9 Å². The maximum absolute atomic E-state index is 12.5. The van der Waals surface area contributed by atoms with Crippen LogP contribution in [0.25, 0.3) is 0 Å². The van der Waals surface area contributed by atoms with E-state index in [1.807, 2.05) is 6.07 Å². The summed E-state index contributed by atoms with van der Waals surface area (Å²) >= 11 is 0. The van der Waals surface area contributed by atoms with Crippen LogP contribution in [0.4, 0.5) is 0 Å². The van der Waals surface area contributed by atoms with Crippen molar-refractivity contribution >= 4 is 29.7 Å². The Labute approximate surface area is 179 Å². The molecule has 0 aliphatic rings. The fourth-order valence-corrected chi connectivity index (χ4v) is 2.68. The van der Waals surface area contributed by atoms with Crippen LogP contribution in [-0.2, 0) is 25.6 Å². The number of guanidine groups is 1. The second-order valence-corrected chi connectivity index (χ2v) is 6.88. The molecule has 0 aliphatic carbocycles. The Morgan fingerprint density at radius 3 is 2.13 bits per heavy atom. The van der Waals surface area contributed by atoms with E-state index in [4.69, 9.17) is 22.9 Å². The van der Waals surface area contributed by atoms with E-state index in [9.17, 15) is 24.3 Å². The molecule has 12 nitrogen and oxygen atoms in total. The number of carboxylic acids is 1.